The average Bonchev–Trinajstić information content (AvgIpc) is 3.02. The highest BCUT2D eigenvalue weighted by atomic mass is 32.1. The highest BCUT2D eigenvalue weighted by Crippen LogP contribution is 2.25. The van der Waals surface area contributed by atoms with E-state index >= 15 is 0 Å². The van der Waals surface area contributed by atoms with Crippen molar-refractivity contribution in [2.45, 2.75) is 39.3 Å². The van der Waals surface area contributed by atoms with Crippen LogP contribution in [0.2, 0.25) is 0 Å². The Morgan fingerprint density at radius 2 is 2.20 bits per heavy atom. The minimum absolute atomic E-state index is 0.119. The van der Waals surface area contributed by atoms with Crippen LogP contribution in [0.25, 0.3) is 0 Å². The molecular formula is C14H22N4OS. The standard InChI is InChI=1S/C14H22N4OS/c1-14(2,3)13-17-12(10-20-13)7-15-11-8-16-18(9-11)5-6-19-4/h8-10,15H,5-7H2,1-4H3. The predicted octanol–water partition coefficient (Wildman–Crippen LogP) is 2.90. The summed E-state index contributed by atoms with van der Waals surface area (Å²) < 4.78 is 6.90. The normalized spacial score (nSPS) is 11.8. The Morgan fingerprint density at radius 1 is 1.40 bits per heavy atom. The highest BCUT2D eigenvalue weighted by Gasteiger charge is 2.17. The van der Waals surface area contributed by atoms with E-state index in [1.54, 1.807) is 18.4 Å². The smallest absolute Gasteiger partial charge is 0.0982 e. The first kappa shape index (κ1) is 15.0. The summed E-state index contributed by atoms with van der Waals surface area (Å²) in [6.07, 6.45) is 3.81. The quantitative estimate of drug-likeness (QED) is 0.890. The summed E-state index contributed by atoms with van der Waals surface area (Å²) in [7, 11) is 1.69. The molecule has 2 aromatic rings. The van der Waals surface area contributed by atoms with Crippen LogP contribution in [-0.2, 0) is 23.2 Å². The molecule has 0 aliphatic rings. The zero-order valence-electron chi connectivity index (χ0n) is 12.5. The third kappa shape index (κ3) is 4.05. The molecule has 0 bridgehead atoms. The maximum absolute atomic E-state index is 5.03. The molecule has 2 heterocycles. The first-order valence-corrected chi connectivity index (χ1v) is 7.57. The lowest BCUT2D eigenvalue weighted by Crippen LogP contribution is -2.11. The van der Waals surface area contributed by atoms with Gasteiger partial charge in [-0.2, -0.15) is 5.10 Å². The second-order valence-corrected chi connectivity index (χ2v) is 6.59. The summed E-state index contributed by atoms with van der Waals surface area (Å²) in [5.74, 6) is 0. The number of hydrogen-bond donors (Lipinski definition) is 1. The fourth-order valence-electron chi connectivity index (χ4n) is 1.69. The molecule has 0 aliphatic heterocycles. The summed E-state index contributed by atoms with van der Waals surface area (Å²) in [4.78, 5) is 4.66. The number of methoxy groups -OCH3 is 1. The number of aromatic nitrogens is 3. The molecule has 0 spiro atoms. The molecule has 0 radical (unpaired) electrons. The van der Waals surface area contributed by atoms with Gasteiger partial charge in [-0.15, -0.1) is 11.3 Å². The topological polar surface area (TPSA) is 52.0 Å². The van der Waals surface area contributed by atoms with Crippen LogP contribution in [0, 0.1) is 0 Å². The van der Waals surface area contributed by atoms with Gasteiger partial charge < -0.3 is 10.1 Å². The Kier molecular flexibility index (Phi) is 4.77. The molecule has 20 heavy (non-hydrogen) atoms. The van der Waals surface area contributed by atoms with Gasteiger partial charge in [-0.3, -0.25) is 4.68 Å². The van der Waals surface area contributed by atoms with E-state index in [4.69, 9.17) is 4.74 Å². The van der Waals surface area contributed by atoms with E-state index in [9.17, 15) is 0 Å². The van der Waals surface area contributed by atoms with Crippen molar-refractivity contribution in [3.63, 3.8) is 0 Å². The molecule has 0 amide bonds. The third-order valence-electron chi connectivity index (χ3n) is 2.82. The van der Waals surface area contributed by atoms with Gasteiger partial charge in [-0.25, -0.2) is 4.98 Å². The lowest BCUT2D eigenvalue weighted by Gasteiger charge is -2.13. The van der Waals surface area contributed by atoms with Crippen LogP contribution >= 0.6 is 11.3 Å². The van der Waals surface area contributed by atoms with E-state index in [1.807, 2.05) is 17.1 Å². The maximum Gasteiger partial charge on any atom is 0.0982 e. The van der Waals surface area contributed by atoms with Gasteiger partial charge in [0.2, 0.25) is 0 Å². The Labute approximate surface area is 124 Å². The molecule has 6 heteroatoms. The Hall–Kier alpha value is -1.40. The molecule has 0 unspecified atom stereocenters. The van der Waals surface area contributed by atoms with Crippen molar-refractivity contribution in [1.82, 2.24) is 14.8 Å². The molecule has 0 aliphatic carbocycles. The number of rotatable bonds is 6. The SMILES string of the molecule is COCCn1cc(NCc2csc(C(C)(C)C)n2)cn1. The monoisotopic (exact) mass is 294 g/mol. The number of nitrogens with one attached hydrogen (secondary N) is 1. The van der Waals surface area contributed by atoms with Gasteiger partial charge in [0.05, 0.1) is 42.3 Å². The fourth-order valence-corrected chi connectivity index (χ4v) is 2.59. The molecule has 0 fully saturated rings. The summed E-state index contributed by atoms with van der Waals surface area (Å²) in [5, 5.41) is 10.9. The zero-order chi connectivity index (χ0) is 14.6. The summed E-state index contributed by atoms with van der Waals surface area (Å²) in [6.45, 7) is 8.71. The van der Waals surface area contributed by atoms with E-state index < -0.39 is 0 Å². The number of anilines is 1. The Balaban J connectivity index is 1.88. The first-order valence-electron chi connectivity index (χ1n) is 6.69. The van der Waals surface area contributed by atoms with E-state index in [2.05, 4.69) is 41.6 Å². The molecule has 0 saturated heterocycles. The van der Waals surface area contributed by atoms with Gasteiger partial charge >= 0.3 is 0 Å². The predicted molar refractivity (Wildman–Crippen MR) is 82.2 cm³/mol. The van der Waals surface area contributed by atoms with Gasteiger partial charge in [0.25, 0.3) is 0 Å². The molecule has 0 aromatic carbocycles. The van der Waals surface area contributed by atoms with Gasteiger partial charge in [0.15, 0.2) is 0 Å². The van der Waals surface area contributed by atoms with Crippen molar-refractivity contribution in [3.05, 3.63) is 28.5 Å². The van der Waals surface area contributed by atoms with Crippen molar-refractivity contribution in [3.8, 4) is 0 Å². The molecule has 5 nitrogen and oxygen atoms in total. The van der Waals surface area contributed by atoms with Crippen molar-refractivity contribution in [1.29, 1.82) is 0 Å². The van der Waals surface area contributed by atoms with Crippen molar-refractivity contribution in [2.24, 2.45) is 0 Å². The minimum Gasteiger partial charge on any atom is -0.383 e. The van der Waals surface area contributed by atoms with E-state index in [0.29, 0.717) is 6.61 Å². The minimum atomic E-state index is 0.119. The van der Waals surface area contributed by atoms with E-state index in [-0.39, 0.29) is 5.41 Å². The molecule has 0 saturated carbocycles. The van der Waals surface area contributed by atoms with Crippen LogP contribution in [0.4, 0.5) is 5.69 Å². The molecule has 2 aromatic heterocycles. The average molecular weight is 294 g/mol. The van der Waals surface area contributed by atoms with Crippen LogP contribution in [0.5, 0.6) is 0 Å². The molecular weight excluding hydrogens is 272 g/mol. The number of ether oxygens (including phenoxy) is 1. The van der Waals surface area contributed by atoms with Crippen LogP contribution in [0.1, 0.15) is 31.5 Å². The van der Waals surface area contributed by atoms with Gasteiger partial charge in [-0.05, 0) is 0 Å². The van der Waals surface area contributed by atoms with Gasteiger partial charge in [0, 0.05) is 24.1 Å². The summed E-state index contributed by atoms with van der Waals surface area (Å²) in [6, 6.07) is 0. The molecule has 1 N–H and O–H groups in total. The van der Waals surface area contributed by atoms with Crippen molar-refractivity contribution >= 4 is 17.0 Å². The second kappa shape index (κ2) is 6.37. The zero-order valence-corrected chi connectivity index (χ0v) is 13.3. The summed E-state index contributed by atoms with van der Waals surface area (Å²) >= 11 is 1.72. The van der Waals surface area contributed by atoms with E-state index in [0.717, 1.165) is 24.5 Å². The first-order chi connectivity index (χ1) is 9.49. The maximum atomic E-state index is 5.03. The lowest BCUT2D eigenvalue weighted by molar-refractivity contribution is 0.183. The Morgan fingerprint density at radius 3 is 2.85 bits per heavy atom. The summed E-state index contributed by atoms with van der Waals surface area (Å²) in [5.41, 5.74) is 2.20. The lowest BCUT2D eigenvalue weighted by atomic mass is 9.98. The van der Waals surface area contributed by atoms with Gasteiger partial charge in [0.1, 0.15) is 0 Å². The van der Waals surface area contributed by atoms with Crippen LogP contribution in [0.15, 0.2) is 17.8 Å². The molecule has 0 atom stereocenters. The van der Waals surface area contributed by atoms with E-state index in [1.165, 1.54) is 5.01 Å². The second-order valence-electron chi connectivity index (χ2n) is 5.73. The van der Waals surface area contributed by atoms with Crippen LogP contribution < -0.4 is 5.32 Å². The van der Waals surface area contributed by atoms with Crippen molar-refractivity contribution < 1.29 is 4.74 Å². The van der Waals surface area contributed by atoms with Crippen LogP contribution in [-0.4, -0.2) is 28.5 Å². The van der Waals surface area contributed by atoms with Crippen molar-refractivity contribution in [2.75, 3.05) is 19.0 Å². The van der Waals surface area contributed by atoms with Crippen LogP contribution in [0.3, 0.4) is 0 Å². The number of thiazole rings is 1. The Bertz CT molecular complexity index is 541. The largest absolute Gasteiger partial charge is 0.383 e. The number of hydrogen-bond acceptors (Lipinski definition) is 5. The molecule has 110 valence electrons. The molecule has 2 rings (SSSR count). The fraction of sp³-hybridized carbons (Fsp3) is 0.571. The third-order valence-corrected chi connectivity index (χ3v) is 4.14. The highest BCUT2D eigenvalue weighted by molar-refractivity contribution is 7.09. The van der Waals surface area contributed by atoms with Gasteiger partial charge in [-0.1, -0.05) is 20.8 Å². The number of nitrogens with zero attached hydrogens (tertiary/aromatic N) is 3.